The second-order valence-electron chi connectivity index (χ2n) is 3.10. The third-order valence-corrected chi connectivity index (χ3v) is 3.63. The number of carboxylic acids is 2. The topological polar surface area (TPSA) is 135 Å². The van der Waals surface area contributed by atoms with E-state index in [-0.39, 0.29) is 103 Å². The van der Waals surface area contributed by atoms with Crippen LogP contribution in [0, 0.1) is 5.92 Å². The minimum absolute atomic E-state index is 0. The van der Waals surface area contributed by atoms with Crippen LogP contribution >= 0.6 is 0 Å². The number of aliphatic carboxylic acids is 2. The molecule has 0 aliphatic heterocycles. The van der Waals surface area contributed by atoms with Crippen molar-refractivity contribution in [3.63, 3.8) is 0 Å². The van der Waals surface area contributed by atoms with Crippen molar-refractivity contribution in [2.75, 3.05) is 0 Å². The van der Waals surface area contributed by atoms with E-state index in [2.05, 4.69) is 0 Å². The van der Waals surface area contributed by atoms with Crippen LogP contribution in [0.1, 0.15) is 0 Å². The molecule has 1 N–H and O–H groups in total. The first-order valence-corrected chi connectivity index (χ1v) is 5.43. The molecular formula is C8H6K2O7S. The van der Waals surface area contributed by atoms with E-state index in [0.29, 0.717) is 6.08 Å². The Morgan fingerprint density at radius 1 is 1.17 bits per heavy atom. The molecule has 0 aromatic rings. The van der Waals surface area contributed by atoms with Crippen molar-refractivity contribution in [1.82, 2.24) is 0 Å². The van der Waals surface area contributed by atoms with Crippen molar-refractivity contribution < 1.29 is 136 Å². The maximum Gasteiger partial charge on any atom is 1.00 e. The van der Waals surface area contributed by atoms with Crippen molar-refractivity contribution >= 4 is 22.1 Å². The standard InChI is InChI=1S/C8H8O7S.2K/c9-6(10)5-3-1-2-4-8(5,7(11)12)16(13,14)15;;/h1-5H,(H,9,10)(H,11,12)(H,13,14,15);;/q;2*+1/p-2. The number of carboxylic acid groups (broad SMARTS) is 2. The Labute approximate surface area is 188 Å². The Balaban J connectivity index is 0. The molecule has 1 aliphatic rings. The van der Waals surface area contributed by atoms with Crippen molar-refractivity contribution in [2.45, 2.75) is 4.75 Å². The zero-order chi connectivity index (χ0) is 12.6. The molecule has 0 amide bonds. The number of allylic oxidation sites excluding steroid dienone is 2. The normalized spacial score (nSPS) is 25.7. The summed E-state index contributed by atoms with van der Waals surface area (Å²) < 4.78 is 27.9. The van der Waals surface area contributed by atoms with Gasteiger partial charge in [0.1, 0.15) is 0 Å². The fraction of sp³-hybridized carbons (Fsp3) is 0.250. The first-order chi connectivity index (χ1) is 7.23. The van der Waals surface area contributed by atoms with Gasteiger partial charge >= 0.3 is 103 Å². The van der Waals surface area contributed by atoms with Crippen molar-refractivity contribution in [1.29, 1.82) is 0 Å². The second-order valence-corrected chi connectivity index (χ2v) is 4.72. The maximum absolute atomic E-state index is 11.0. The fourth-order valence-corrected chi connectivity index (χ4v) is 2.38. The molecule has 0 aromatic carbocycles. The molecule has 0 fully saturated rings. The van der Waals surface area contributed by atoms with Crippen LogP contribution in [-0.2, 0) is 19.7 Å². The van der Waals surface area contributed by atoms with Gasteiger partial charge in [0.05, 0.1) is 11.9 Å². The number of hydrogen-bond acceptors (Lipinski definition) is 6. The minimum Gasteiger partial charge on any atom is -0.549 e. The quantitative estimate of drug-likeness (QED) is 0.402. The first-order valence-electron chi connectivity index (χ1n) is 3.99. The van der Waals surface area contributed by atoms with Crippen LogP contribution in [-0.4, -0.2) is 29.7 Å². The Morgan fingerprint density at radius 2 is 1.67 bits per heavy atom. The predicted molar refractivity (Wildman–Crippen MR) is 46.1 cm³/mol. The van der Waals surface area contributed by atoms with Crippen molar-refractivity contribution in [3.05, 3.63) is 24.3 Å². The average molecular weight is 324 g/mol. The van der Waals surface area contributed by atoms with E-state index in [9.17, 15) is 28.2 Å². The summed E-state index contributed by atoms with van der Waals surface area (Å²) in [6.45, 7) is 0. The number of hydrogen-bond donors (Lipinski definition) is 1. The van der Waals surface area contributed by atoms with Gasteiger partial charge in [-0.25, -0.2) is 0 Å². The summed E-state index contributed by atoms with van der Waals surface area (Å²) in [4.78, 5) is 21.5. The Morgan fingerprint density at radius 3 is 1.94 bits per heavy atom. The molecule has 18 heavy (non-hydrogen) atoms. The summed E-state index contributed by atoms with van der Waals surface area (Å²) >= 11 is 0. The van der Waals surface area contributed by atoms with Crippen molar-refractivity contribution in [3.8, 4) is 0 Å². The van der Waals surface area contributed by atoms with Crippen LogP contribution in [0.2, 0.25) is 0 Å². The van der Waals surface area contributed by atoms with Gasteiger partial charge in [0, 0.05) is 5.92 Å². The van der Waals surface area contributed by atoms with Crippen LogP contribution in [0.15, 0.2) is 24.3 Å². The van der Waals surface area contributed by atoms with E-state index in [4.69, 9.17) is 4.55 Å². The minimum atomic E-state index is -5.20. The smallest absolute Gasteiger partial charge is 0.549 e. The number of carbonyl (C=O) groups excluding carboxylic acids is 2. The van der Waals surface area contributed by atoms with Gasteiger partial charge in [0.15, 0.2) is 4.75 Å². The molecule has 1 aliphatic carbocycles. The average Bonchev–Trinajstić information content (AvgIpc) is 2.15. The SMILES string of the molecule is O=C([O-])C1C=CC=CC1(C(=O)[O-])S(=O)(=O)O.[K+].[K+]. The van der Waals surface area contributed by atoms with Gasteiger partial charge in [-0.1, -0.05) is 24.3 Å². The molecule has 2 unspecified atom stereocenters. The van der Waals surface area contributed by atoms with E-state index >= 15 is 0 Å². The summed E-state index contributed by atoms with van der Waals surface area (Å²) in [6.07, 6.45) is 3.45. The van der Waals surface area contributed by atoms with Crippen LogP contribution in [0.3, 0.4) is 0 Å². The summed E-state index contributed by atoms with van der Waals surface area (Å²) in [6, 6.07) is 0. The van der Waals surface area contributed by atoms with Gasteiger partial charge in [-0.3, -0.25) is 4.55 Å². The van der Waals surface area contributed by atoms with E-state index in [0.717, 1.165) is 18.2 Å². The Bertz CT molecular complexity index is 496. The Hall–Kier alpha value is 1.60. The summed E-state index contributed by atoms with van der Waals surface area (Å²) in [5.74, 6) is -6.22. The summed E-state index contributed by atoms with van der Waals surface area (Å²) in [5.41, 5.74) is 0. The van der Waals surface area contributed by atoms with Gasteiger partial charge in [-0.15, -0.1) is 0 Å². The molecule has 0 bridgehead atoms. The van der Waals surface area contributed by atoms with Gasteiger partial charge in [-0.2, -0.15) is 8.42 Å². The molecule has 7 nitrogen and oxygen atoms in total. The van der Waals surface area contributed by atoms with Gasteiger partial charge in [0.2, 0.25) is 0 Å². The van der Waals surface area contributed by atoms with Crippen LogP contribution < -0.4 is 113 Å². The van der Waals surface area contributed by atoms with Crippen LogP contribution in [0.4, 0.5) is 0 Å². The molecule has 0 saturated carbocycles. The number of carbonyl (C=O) groups is 2. The molecule has 0 saturated heterocycles. The molecule has 0 spiro atoms. The van der Waals surface area contributed by atoms with Crippen LogP contribution in [0.25, 0.3) is 0 Å². The fourth-order valence-electron chi connectivity index (χ4n) is 1.42. The zero-order valence-electron chi connectivity index (χ0n) is 9.69. The molecule has 1 rings (SSSR count). The molecule has 0 heterocycles. The third kappa shape index (κ3) is 4.05. The molecule has 88 valence electrons. The van der Waals surface area contributed by atoms with E-state index in [1.807, 2.05) is 0 Å². The number of rotatable bonds is 3. The molecular weight excluding hydrogens is 318 g/mol. The molecule has 2 atom stereocenters. The zero-order valence-corrected chi connectivity index (χ0v) is 16.8. The first kappa shape index (κ1) is 21.9. The van der Waals surface area contributed by atoms with Crippen molar-refractivity contribution in [2.24, 2.45) is 5.92 Å². The van der Waals surface area contributed by atoms with Gasteiger partial charge in [0.25, 0.3) is 10.1 Å². The molecule has 0 aromatic heterocycles. The maximum atomic E-state index is 11.0. The van der Waals surface area contributed by atoms with Gasteiger partial charge in [-0.05, 0) is 0 Å². The largest absolute Gasteiger partial charge is 1.00 e. The third-order valence-electron chi connectivity index (χ3n) is 2.22. The molecule has 0 radical (unpaired) electrons. The Kier molecular flexibility index (Phi) is 9.91. The van der Waals surface area contributed by atoms with Gasteiger partial charge < -0.3 is 19.8 Å². The predicted octanol–water partition coefficient (Wildman–Crippen LogP) is -9.14. The summed E-state index contributed by atoms with van der Waals surface area (Å²) in [5, 5.41) is 21.5. The van der Waals surface area contributed by atoms with E-state index in [1.165, 1.54) is 0 Å². The molecule has 10 heteroatoms. The van der Waals surface area contributed by atoms with E-state index < -0.39 is 32.7 Å². The second kappa shape index (κ2) is 8.14. The monoisotopic (exact) mass is 324 g/mol. The van der Waals surface area contributed by atoms with Crippen LogP contribution in [0.5, 0.6) is 0 Å². The summed E-state index contributed by atoms with van der Waals surface area (Å²) in [7, 11) is -5.20. The van der Waals surface area contributed by atoms with E-state index in [1.54, 1.807) is 0 Å².